The first kappa shape index (κ1) is 4.78. The molecule has 0 bridgehead atoms. The summed E-state index contributed by atoms with van der Waals surface area (Å²) in [5.41, 5.74) is 0. The minimum absolute atomic E-state index is 0.646. The van der Waals surface area contributed by atoms with Crippen LogP contribution in [0.4, 0.5) is 0 Å². The molecule has 0 aromatic rings. The van der Waals surface area contributed by atoms with Gasteiger partial charge in [-0.15, -0.1) is 0 Å². The van der Waals surface area contributed by atoms with Crippen LogP contribution in [-0.2, 0) is 9.47 Å². The van der Waals surface area contributed by atoms with Gasteiger partial charge < -0.3 is 20.1 Å². The molecule has 0 fully saturated rings. The molecule has 0 aliphatic carbocycles. The Hall–Kier alpha value is -1.06. The van der Waals surface area contributed by atoms with Crippen LogP contribution in [0.1, 0.15) is 0 Å². The normalized spacial score (nSPS) is 23.1. The first-order valence-corrected chi connectivity index (χ1v) is 2.94. The van der Waals surface area contributed by atoms with E-state index in [1.165, 1.54) is 0 Å². The topological polar surface area (TPSA) is 42.5 Å². The third kappa shape index (κ3) is 0.667. The van der Waals surface area contributed by atoms with Gasteiger partial charge in [-0.3, -0.25) is 0 Å². The summed E-state index contributed by atoms with van der Waals surface area (Å²) in [5, 5.41) is 5.96. The molecule has 0 aromatic heterocycles. The number of rotatable bonds is 0. The van der Waals surface area contributed by atoms with Crippen LogP contribution in [0.5, 0.6) is 0 Å². The summed E-state index contributed by atoms with van der Waals surface area (Å²) in [6, 6.07) is 0. The molecule has 0 radical (unpaired) electrons. The van der Waals surface area contributed by atoms with Gasteiger partial charge in [0.05, 0.1) is 6.67 Å². The van der Waals surface area contributed by atoms with Crippen LogP contribution in [-0.4, -0.2) is 19.9 Å². The van der Waals surface area contributed by atoms with Crippen LogP contribution in [0.15, 0.2) is 11.8 Å². The quantitative estimate of drug-likeness (QED) is 0.453. The van der Waals surface area contributed by atoms with E-state index in [9.17, 15) is 0 Å². The number of nitrogens with one attached hydrogen (secondary N) is 2. The van der Waals surface area contributed by atoms with Crippen LogP contribution in [0, 0.1) is 0 Å². The van der Waals surface area contributed by atoms with Gasteiger partial charge in [0.1, 0.15) is 13.2 Å². The number of hydrogen-bond donors (Lipinski definition) is 2. The number of hydrogen-bond acceptors (Lipinski definition) is 4. The Balaban J connectivity index is 2.17. The third-order valence-electron chi connectivity index (χ3n) is 1.28. The lowest BCUT2D eigenvalue weighted by Crippen LogP contribution is -2.17. The maximum atomic E-state index is 5.18. The van der Waals surface area contributed by atoms with E-state index < -0.39 is 0 Å². The zero-order chi connectivity index (χ0) is 6.10. The monoisotopic (exact) mass is 128 g/mol. The molecule has 0 unspecified atom stereocenters. The van der Waals surface area contributed by atoms with Crippen molar-refractivity contribution in [2.24, 2.45) is 0 Å². The lowest BCUT2D eigenvalue weighted by atomic mass is 10.6. The maximum absolute atomic E-state index is 5.18. The van der Waals surface area contributed by atoms with Crippen molar-refractivity contribution in [2.45, 2.75) is 0 Å². The van der Waals surface area contributed by atoms with Crippen molar-refractivity contribution in [3.63, 3.8) is 0 Å². The molecule has 9 heavy (non-hydrogen) atoms. The molecule has 2 N–H and O–H groups in total. The van der Waals surface area contributed by atoms with E-state index in [2.05, 4.69) is 10.6 Å². The van der Waals surface area contributed by atoms with E-state index in [0.717, 1.165) is 11.8 Å². The van der Waals surface area contributed by atoms with E-state index in [4.69, 9.17) is 9.47 Å². The lowest BCUT2D eigenvalue weighted by molar-refractivity contribution is 0.0572. The molecule has 4 heteroatoms. The molecule has 0 saturated carbocycles. The van der Waals surface area contributed by atoms with E-state index >= 15 is 0 Å². The molecular formula is C5H8N2O2. The molecule has 2 aliphatic heterocycles. The Morgan fingerprint density at radius 3 is 2.11 bits per heavy atom. The molecule has 2 aliphatic rings. The fourth-order valence-corrected chi connectivity index (χ4v) is 0.886. The average molecular weight is 128 g/mol. The van der Waals surface area contributed by atoms with Gasteiger partial charge in [-0.25, -0.2) is 0 Å². The Labute approximate surface area is 52.8 Å². The second-order valence-electron chi connectivity index (χ2n) is 1.89. The van der Waals surface area contributed by atoms with Crippen molar-refractivity contribution >= 4 is 0 Å². The van der Waals surface area contributed by atoms with E-state index in [1.54, 1.807) is 0 Å². The van der Waals surface area contributed by atoms with Gasteiger partial charge in [-0.05, 0) is 0 Å². The van der Waals surface area contributed by atoms with Crippen molar-refractivity contribution in [1.29, 1.82) is 0 Å². The van der Waals surface area contributed by atoms with Gasteiger partial charge in [-0.2, -0.15) is 0 Å². The Morgan fingerprint density at radius 2 is 1.56 bits per heavy atom. The summed E-state index contributed by atoms with van der Waals surface area (Å²) in [4.78, 5) is 0. The fourth-order valence-electron chi connectivity index (χ4n) is 0.886. The van der Waals surface area contributed by atoms with Crippen LogP contribution in [0.3, 0.4) is 0 Å². The van der Waals surface area contributed by atoms with Gasteiger partial charge in [-0.1, -0.05) is 0 Å². The molecule has 2 rings (SSSR count). The summed E-state index contributed by atoms with van der Waals surface area (Å²) in [6.45, 7) is 2.01. The minimum Gasteiger partial charge on any atom is -0.472 e. The van der Waals surface area contributed by atoms with Crippen molar-refractivity contribution in [1.82, 2.24) is 10.6 Å². The third-order valence-corrected chi connectivity index (χ3v) is 1.28. The summed E-state index contributed by atoms with van der Waals surface area (Å²) < 4.78 is 10.4. The fraction of sp³-hybridized carbons (Fsp3) is 0.600. The Bertz CT molecular complexity index is 139. The lowest BCUT2D eigenvalue weighted by Gasteiger charge is -2.14. The highest BCUT2D eigenvalue weighted by atomic mass is 16.6. The first-order valence-electron chi connectivity index (χ1n) is 2.94. The Kier molecular flexibility index (Phi) is 0.913. The summed E-state index contributed by atoms with van der Waals surface area (Å²) in [7, 11) is 0. The average Bonchev–Trinajstić information content (AvgIpc) is 2.33. The second-order valence-corrected chi connectivity index (χ2v) is 1.89. The predicted molar refractivity (Wildman–Crippen MR) is 30.1 cm³/mol. The standard InChI is InChI=1S/C5H8N2O2/c1-2-9-5-4(8-1)6-3-7-5/h6-7H,1-3H2. The van der Waals surface area contributed by atoms with Gasteiger partial charge >= 0.3 is 0 Å². The van der Waals surface area contributed by atoms with Crippen LogP contribution >= 0.6 is 0 Å². The smallest absolute Gasteiger partial charge is 0.250 e. The Morgan fingerprint density at radius 1 is 1.00 bits per heavy atom. The van der Waals surface area contributed by atoms with E-state index in [-0.39, 0.29) is 0 Å². The predicted octanol–water partition coefficient (Wildman–Crippen LogP) is -0.690. The van der Waals surface area contributed by atoms with Crippen molar-refractivity contribution < 1.29 is 9.47 Å². The zero-order valence-corrected chi connectivity index (χ0v) is 4.94. The van der Waals surface area contributed by atoms with Gasteiger partial charge in [0.15, 0.2) is 0 Å². The molecule has 4 nitrogen and oxygen atoms in total. The van der Waals surface area contributed by atoms with Crippen molar-refractivity contribution in [3.05, 3.63) is 11.8 Å². The molecule has 0 spiro atoms. The van der Waals surface area contributed by atoms with Crippen molar-refractivity contribution in [3.8, 4) is 0 Å². The van der Waals surface area contributed by atoms with Gasteiger partial charge in [0.25, 0.3) is 11.8 Å². The highest BCUT2D eigenvalue weighted by Crippen LogP contribution is 2.10. The maximum Gasteiger partial charge on any atom is 0.250 e. The van der Waals surface area contributed by atoms with Crippen LogP contribution < -0.4 is 10.6 Å². The molecule has 0 atom stereocenters. The first-order chi connectivity index (χ1) is 4.47. The van der Waals surface area contributed by atoms with Gasteiger partial charge in [0, 0.05) is 0 Å². The molecular weight excluding hydrogens is 120 g/mol. The molecule has 0 aromatic carbocycles. The zero-order valence-electron chi connectivity index (χ0n) is 4.94. The van der Waals surface area contributed by atoms with Crippen LogP contribution in [0.2, 0.25) is 0 Å². The second kappa shape index (κ2) is 1.72. The summed E-state index contributed by atoms with van der Waals surface area (Å²) in [5.74, 6) is 1.50. The molecule has 50 valence electrons. The van der Waals surface area contributed by atoms with Crippen LogP contribution in [0.25, 0.3) is 0 Å². The summed E-state index contributed by atoms with van der Waals surface area (Å²) >= 11 is 0. The largest absolute Gasteiger partial charge is 0.472 e. The summed E-state index contributed by atoms with van der Waals surface area (Å²) in [6.07, 6.45) is 0. The molecule has 0 amide bonds. The number of ether oxygens (including phenoxy) is 2. The molecule has 0 saturated heterocycles. The SMILES string of the molecule is C1NC2=C(N1)OCCO2. The minimum atomic E-state index is 0.646. The van der Waals surface area contributed by atoms with E-state index in [0.29, 0.717) is 19.9 Å². The molecule has 2 heterocycles. The van der Waals surface area contributed by atoms with E-state index in [1.807, 2.05) is 0 Å². The highest BCUT2D eigenvalue weighted by Gasteiger charge is 2.19. The highest BCUT2D eigenvalue weighted by molar-refractivity contribution is 5.04. The van der Waals surface area contributed by atoms with Gasteiger partial charge in [0.2, 0.25) is 0 Å². The van der Waals surface area contributed by atoms with Crippen molar-refractivity contribution in [2.75, 3.05) is 19.9 Å².